The molecule has 3 rings (SSSR count). The van der Waals surface area contributed by atoms with E-state index in [1.165, 1.54) is 29.2 Å². The summed E-state index contributed by atoms with van der Waals surface area (Å²) >= 11 is 2.83. The first kappa shape index (κ1) is 29.3. The van der Waals surface area contributed by atoms with Crippen molar-refractivity contribution >= 4 is 46.0 Å². The number of hydrogen-bond donors (Lipinski definition) is 3. The van der Waals surface area contributed by atoms with Gasteiger partial charge in [0.15, 0.2) is 5.13 Å². The lowest BCUT2D eigenvalue weighted by atomic mass is 9.95. The summed E-state index contributed by atoms with van der Waals surface area (Å²) in [5.41, 5.74) is 2.06. The molecule has 1 aliphatic rings. The molecule has 38 heavy (non-hydrogen) atoms. The van der Waals surface area contributed by atoms with Gasteiger partial charge < -0.3 is 20.3 Å². The van der Waals surface area contributed by atoms with Crippen LogP contribution in [0.25, 0.3) is 0 Å². The Morgan fingerprint density at radius 3 is 2.74 bits per heavy atom. The number of nitrogens with zero attached hydrogens (tertiary/aromatic N) is 4. The third-order valence-corrected chi connectivity index (χ3v) is 7.78. The Labute approximate surface area is 230 Å². The molecule has 3 amide bonds. The van der Waals surface area contributed by atoms with Crippen molar-refractivity contribution in [3.63, 3.8) is 0 Å². The maximum absolute atomic E-state index is 12.8. The van der Waals surface area contributed by atoms with Crippen LogP contribution in [0.5, 0.6) is 0 Å². The number of amides is 3. The predicted octanol–water partition coefficient (Wildman–Crippen LogP) is 2.28. The molecule has 0 aromatic carbocycles. The van der Waals surface area contributed by atoms with Gasteiger partial charge in [0, 0.05) is 49.8 Å². The molecule has 0 spiro atoms. The van der Waals surface area contributed by atoms with Crippen LogP contribution in [0, 0.1) is 0 Å². The van der Waals surface area contributed by atoms with Crippen LogP contribution in [0.1, 0.15) is 23.7 Å². The molecule has 2 heterocycles. The lowest BCUT2D eigenvalue weighted by molar-refractivity contribution is -0.119. The van der Waals surface area contributed by atoms with E-state index in [1.54, 1.807) is 30.4 Å². The third-order valence-electron chi connectivity index (χ3n) is 5.57. The number of thioether (sulfide) groups is 1. The topological polar surface area (TPSA) is 130 Å². The SMILES string of the molecule is C=CC(=O)NCCNC(=O)C1=CC(Sc2cnc(NC(=O)c3cnn(CCN(C)C)c3)s2)=C(C)CC1OC. The lowest BCUT2D eigenvalue weighted by Gasteiger charge is -2.25. The van der Waals surface area contributed by atoms with Gasteiger partial charge in [-0.15, -0.1) is 0 Å². The van der Waals surface area contributed by atoms with Crippen LogP contribution in [-0.4, -0.2) is 84.3 Å². The largest absolute Gasteiger partial charge is 0.376 e. The number of aromatic nitrogens is 3. The maximum atomic E-state index is 12.8. The van der Waals surface area contributed by atoms with Crippen LogP contribution in [0.3, 0.4) is 0 Å². The number of nitrogens with one attached hydrogen (secondary N) is 3. The average Bonchev–Trinajstić information content (AvgIpc) is 3.55. The fraction of sp³-hybridized carbons (Fsp3) is 0.400. The minimum absolute atomic E-state index is 0.251. The highest BCUT2D eigenvalue weighted by molar-refractivity contribution is 8.05. The molecule has 204 valence electrons. The molecular formula is C25H33N7O4S2. The minimum atomic E-state index is -0.364. The van der Waals surface area contributed by atoms with Crippen molar-refractivity contribution in [1.82, 2.24) is 30.3 Å². The average molecular weight is 560 g/mol. The number of anilines is 1. The summed E-state index contributed by atoms with van der Waals surface area (Å²) < 4.78 is 8.16. The second-order valence-electron chi connectivity index (χ2n) is 8.76. The summed E-state index contributed by atoms with van der Waals surface area (Å²) in [5, 5.41) is 13.0. The molecule has 0 saturated carbocycles. The second-order valence-corrected chi connectivity index (χ2v) is 11.1. The van der Waals surface area contributed by atoms with Gasteiger partial charge in [0.25, 0.3) is 5.91 Å². The molecule has 0 saturated heterocycles. The molecule has 0 radical (unpaired) electrons. The first-order valence-corrected chi connectivity index (χ1v) is 13.6. The van der Waals surface area contributed by atoms with Crippen molar-refractivity contribution < 1.29 is 19.1 Å². The number of hydrogen-bond acceptors (Lipinski definition) is 9. The van der Waals surface area contributed by atoms with Crippen molar-refractivity contribution in [3.05, 3.63) is 58.9 Å². The van der Waals surface area contributed by atoms with E-state index in [0.29, 0.717) is 35.8 Å². The van der Waals surface area contributed by atoms with Crippen LogP contribution in [-0.2, 0) is 20.9 Å². The van der Waals surface area contributed by atoms with E-state index in [2.05, 4.69) is 32.6 Å². The summed E-state index contributed by atoms with van der Waals surface area (Å²) in [7, 11) is 5.54. The Hall–Kier alpha value is -3.26. The fourth-order valence-corrected chi connectivity index (χ4v) is 5.45. The Balaban J connectivity index is 1.61. The van der Waals surface area contributed by atoms with Gasteiger partial charge in [-0.1, -0.05) is 35.3 Å². The van der Waals surface area contributed by atoms with Crippen LogP contribution >= 0.6 is 23.1 Å². The third kappa shape index (κ3) is 8.38. The fourth-order valence-electron chi connectivity index (χ4n) is 3.47. The summed E-state index contributed by atoms with van der Waals surface area (Å²) in [6.07, 6.45) is 8.18. The number of allylic oxidation sites excluding steroid dienone is 1. The van der Waals surface area contributed by atoms with Gasteiger partial charge in [-0.05, 0) is 33.2 Å². The first-order chi connectivity index (χ1) is 18.2. The molecule has 1 unspecified atom stereocenters. The van der Waals surface area contributed by atoms with Gasteiger partial charge in [-0.25, -0.2) is 4.98 Å². The Morgan fingerprint density at radius 2 is 2.03 bits per heavy atom. The highest BCUT2D eigenvalue weighted by atomic mass is 32.2. The molecule has 1 atom stereocenters. The van der Waals surface area contributed by atoms with Gasteiger partial charge >= 0.3 is 0 Å². The normalized spacial score (nSPS) is 15.3. The smallest absolute Gasteiger partial charge is 0.260 e. The van der Waals surface area contributed by atoms with Crippen molar-refractivity contribution in [2.75, 3.05) is 46.2 Å². The minimum Gasteiger partial charge on any atom is -0.376 e. The van der Waals surface area contributed by atoms with Crippen molar-refractivity contribution in [3.8, 4) is 0 Å². The van der Waals surface area contributed by atoms with Crippen molar-refractivity contribution in [2.45, 2.75) is 30.2 Å². The summed E-state index contributed by atoms with van der Waals surface area (Å²) in [4.78, 5) is 44.1. The van der Waals surface area contributed by atoms with E-state index in [4.69, 9.17) is 4.74 Å². The zero-order chi connectivity index (χ0) is 27.7. The number of ether oxygens (including phenoxy) is 1. The number of carbonyl (C=O) groups excluding carboxylic acids is 3. The Bertz CT molecular complexity index is 1230. The number of methoxy groups -OCH3 is 1. The van der Waals surface area contributed by atoms with E-state index in [-0.39, 0.29) is 30.4 Å². The molecule has 3 N–H and O–H groups in total. The zero-order valence-electron chi connectivity index (χ0n) is 21.9. The zero-order valence-corrected chi connectivity index (χ0v) is 23.6. The summed E-state index contributed by atoms with van der Waals surface area (Å²) in [6.45, 7) is 7.49. The van der Waals surface area contributed by atoms with Crippen LogP contribution in [0.15, 0.2) is 57.6 Å². The molecule has 1 aliphatic carbocycles. The van der Waals surface area contributed by atoms with Gasteiger partial charge in [0.1, 0.15) is 0 Å². The molecule has 0 aliphatic heterocycles. The predicted molar refractivity (Wildman–Crippen MR) is 149 cm³/mol. The molecule has 0 fully saturated rings. The Morgan fingerprint density at radius 1 is 1.26 bits per heavy atom. The van der Waals surface area contributed by atoms with Crippen LogP contribution < -0.4 is 16.0 Å². The van der Waals surface area contributed by atoms with E-state index in [9.17, 15) is 14.4 Å². The molecule has 11 nitrogen and oxygen atoms in total. The molecule has 2 aromatic heterocycles. The van der Waals surface area contributed by atoms with Crippen LogP contribution in [0.2, 0.25) is 0 Å². The van der Waals surface area contributed by atoms with E-state index in [1.807, 2.05) is 32.0 Å². The standard InChI is InChI=1S/C25H33N7O4S2/c1-6-21(33)26-7-8-27-24(35)18-12-20(16(2)11-19(18)36-5)37-22-14-28-25(38-22)30-23(34)17-13-29-32(15-17)10-9-31(3)4/h6,12-15,19H,1,7-11H2,2-5H3,(H,26,33)(H,27,35)(H,28,30,34). The van der Waals surface area contributed by atoms with E-state index >= 15 is 0 Å². The number of rotatable bonds is 13. The monoisotopic (exact) mass is 559 g/mol. The maximum Gasteiger partial charge on any atom is 0.260 e. The summed E-state index contributed by atoms with van der Waals surface area (Å²) in [5.74, 6) is -0.817. The number of carbonyl (C=O) groups is 3. The van der Waals surface area contributed by atoms with Crippen molar-refractivity contribution in [2.24, 2.45) is 0 Å². The van der Waals surface area contributed by atoms with Gasteiger partial charge in [-0.2, -0.15) is 5.10 Å². The quantitative estimate of drug-likeness (QED) is 0.252. The highest BCUT2D eigenvalue weighted by Crippen LogP contribution is 2.40. The molecule has 13 heteroatoms. The van der Waals surface area contributed by atoms with E-state index < -0.39 is 0 Å². The molecular weight excluding hydrogens is 526 g/mol. The van der Waals surface area contributed by atoms with Crippen molar-refractivity contribution in [1.29, 1.82) is 0 Å². The van der Waals surface area contributed by atoms with Crippen LogP contribution in [0.4, 0.5) is 5.13 Å². The molecule has 2 aromatic rings. The van der Waals surface area contributed by atoms with E-state index in [0.717, 1.165) is 21.2 Å². The number of likely N-dealkylation sites (N-methyl/N-ethyl adjacent to an activating group) is 1. The lowest BCUT2D eigenvalue weighted by Crippen LogP contribution is -2.37. The first-order valence-electron chi connectivity index (χ1n) is 11.9. The van der Waals surface area contributed by atoms with Gasteiger partial charge in [0.05, 0.1) is 34.8 Å². The second kappa shape index (κ2) is 14.0. The summed E-state index contributed by atoms with van der Waals surface area (Å²) in [6, 6.07) is 0. The van der Waals surface area contributed by atoms with Gasteiger partial charge in [0.2, 0.25) is 11.8 Å². The Kier molecular flexibility index (Phi) is 10.8. The molecule has 0 bridgehead atoms. The number of thiazole rings is 1. The highest BCUT2D eigenvalue weighted by Gasteiger charge is 2.27. The van der Waals surface area contributed by atoms with Gasteiger partial charge in [-0.3, -0.25) is 24.4 Å².